The summed E-state index contributed by atoms with van der Waals surface area (Å²) >= 11 is 11.9. The van der Waals surface area contributed by atoms with Crippen LogP contribution < -0.4 is 4.74 Å². The highest BCUT2D eigenvalue weighted by atomic mass is 35.5. The minimum Gasteiger partial charge on any atom is -0.490 e. The van der Waals surface area contributed by atoms with Crippen molar-refractivity contribution in [3.05, 3.63) is 28.2 Å². The standard InChI is InChI=1S/C12H16Cl2O/c1-2-3-4-5-9-15-12-10(13)7-6-8-11(12)14/h6-8H,2-5,9H2,1H3. The van der Waals surface area contributed by atoms with Crippen molar-refractivity contribution >= 4 is 23.2 Å². The average Bonchev–Trinajstić information content (AvgIpc) is 2.21. The van der Waals surface area contributed by atoms with Crippen molar-refractivity contribution in [2.24, 2.45) is 0 Å². The topological polar surface area (TPSA) is 9.23 Å². The van der Waals surface area contributed by atoms with Gasteiger partial charge in [0.2, 0.25) is 0 Å². The molecule has 1 nitrogen and oxygen atoms in total. The van der Waals surface area contributed by atoms with Crippen molar-refractivity contribution < 1.29 is 4.74 Å². The monoisotopic (exact) mass is 246 g/mol. The largest absolute Gasteiger partial charge is 0.490 e. The fourth-order valence-corrected chi connectivity index (χ4v) is 1.83. The van der Waals surface area contributed by atoms with Gasteiger partial charge >= 0.3 is 0 Å². The quantitative estimate of drug-likeness (QED) is 0.646. The van der Waals surface area contributed by atoms with Gasteiger partial charge in [-0.15, -0.1) is 0 Å². The van der Waals surface area contributed by atoms with E-state index in [1.807, 2.05) is 6.07 Å². The maximum Gasteiger partial charge on any atom is 0.156 e. The molecular weight excluding hydrogens is 231 g/mol. The van der Waals surface area contributed by atoms with Crippen molar-refractivity contribution in [2.45, 2.75) is 32.6 Å². The molecule has 0 aliphatic heterocycles. The van der Waals surface area contributed by atoms with E-state index < -0.39 is 0 Å². The Morgan fingerprint density at radius 1 is 1.07 bits per heavy atom. The lowest BCUT2D eigenvalue weighted by Gasteiger charge is -2.09. The molecule has 15 heavy (non-hydrogen) atoms. The highest BCUT2D eigenvalue weighted by Gasteiger charge is 2.05. The summed E-state index contributed by atoms with van der Waals surface area (Å²) < 4.78 is 5.55. The van der Waals surface area contributed by atoms with Gasteiger partial charge in [-0.2, -0.15) is 0 Å². The maximum atomic E-state index is 5.96. The van der Waals surface area contributed by atoms with Crippen LogP contribution in [0.25, 0.3) is 0 Å². The first-order chi connectivity index (χ1) is 7.25. The van der Waals surface area contributed by atoms with Crippen LogP contribution in [-0.2, 0) is 0 Å². The van der Waals surface area contributed by atoms with Gasteiger partial charge in [0.1, 0.15) is 0 Å². The summed E-state index contributed by atoms with van der Waals surface area (Å²) in [6, 6.07) is 5.39. The molecule has 0 atom stereocenters. The van der Waals surface area contributed by atoms with E-state index in [4.69, 9.17) is 27.9 Å². The van der Waals surface area contributed by atoms with Gasteiger partial charge in [0, 0.05) is 0 Å². The van der Waals surface area contributed by atoms with Crippen LogP contribution in [0, 0.1) is 0 Å². The van der Waals surface area contributed by atoms with E-state index in [0.29, 0.717) is 22.4 Å². The summed E-state index contributed by atoms with van der Waals surface area (Å²) in [6.07, 6.45) is 4.72. The van der Waals surface area contributed by atoms with Crippen molar-refractivity contribution in [3.63, 3.8) is 0 Å². The molecule has 0 N–H and O–H groups in total. The minimum atomic E-state index is 0.581. The molecular formula is C12H16Cl2O. The van der Waals surface area contributed by atoms with Crippen molar-refractivity contribution in [1.82, 2.24) is 0 Å². The van der Waals surface area contributed by atoms with E-state index in [1.165, 1.54) is 19.3 Å². The van der Waals surface area contributed by atoms with E-state index in [1.54, 1.807) is 12.1 Å². The molecule has 0 aromatic heterocycles. The molecule has 0 amide bonds. The summed E-state index contributed by atoms with van der Waals surface area (Å²) in [5, 5.41) is 1.16. The van der Waals surface area contributed by atoms with E-state index in [-0.39, 0.29) is 0 Å². The zero-order valence-electron chi connectivity index (χ0n) is 8.93. The Labute approximate surface area is 101 Å². The maximum absolute atomic E-state index is 5.96. The van der Waals surface area contributed by atoms with Crippen LogP contribution >= 0.6 is 23.2 Å². The summed E-state index contributed by atoms with van der Waals surface area (Å²) in [6.45, 7) is 2.87. The van der Waals surface area contributed by atoms with Gasteiger partial charge in [-0.1, -0.05) is 55.5 Å². The van der Waals surface area contributed by atoms with Crippen molar-refractivity contribution in [2.75, 3.05) is 6.61 Å². The van der Waals surface area contributed by atoms with Crippen LogP contribution in [0.5, 0.6) is 5.75 Å². The number of ether oxygens (including phenoxy) is 1. The van der Waals surface area contributed by atoms with Crippen LogP contribution in [0.2, 0.25) is 10.0 Å². The molecule has 0 bridgehead atoms. The second-order valence-electron chi connectivity index (χ2n) is 3.46. The van der Waals surface area contributed by atoms with E-state index in [9.17, 15) is 0 Å². The lowest BCUT2D eigenvalue weighted by Crippen LogP contribution is -1.98. The zero-order valence-corrected chi connectivity index (χ0v) is 10.4. The molecule has 1 aromatic carbocycles. The second kappa shape index (κ2) is 6.97. The van der Waals surface area contributed by atoms with Crippen molar-refractivity contribution in [3.8, 4) is 5.75 Å². The molecule has 0 saturated carbocycles. The Balaban J connectivity index is 2.37. The fraction of sp³-hybridized carbons (Fsp3) is 0.500. The Morgan fingerprint density at radius 3 is 2.33 bits per heavy atom. The molecule has 0 spiro atoms. The number of halogens is 2. The molecule has 3 heteroatoms. The molecule has 1 rings (SSSR count). The number of para-hydroxylation sites is 1. The molecule has 1 aromatic rings. The van der Waals surface area contributed by atoms with E-state index in [0.717, 1.165) is 6.42 Å². The summed E-state index contributed by atoms with van der Waals surface area (Å²) in [5.74, 6) is 0.609. The van der Waals surface area contributed by atoms with E-state index in [2.05, 4.69) is 6.92 Å². The number of unbranched alkanes of at least 4 members (excludes halogenated alkanes) is 3. The van der Waals surface area contributed by atoms with E-state index >= 15 is 0 Å². The molecule has 0 saturated heterocycles. The second-order valence-corrected chi connectivity index (χ2v) is 4.27. The normalized spacial score (nSPS) is 10.3. The SMILES string of the molecule is CCCCCCOc1c(Cl)cccc1Cl. The highest BCUT2D eigenvalue weighted by molar-refractivity contribution is 6.37. The van der Waals surface area contributed by atoms with Crippen LogP contribution in [0.4, 0.5) is 0 Å². The molecule has 0 aliphatic rings. The lowest BCUT2D eigenvalue weighted by atomic mass is 10.2. The minimum absolute atomic E-state index is 0.581. The van der Waals surface area contributed by atoms with Gasteiger partial charge in [0.25, 0.3) is 0 Å². The van der Waals surface area contributed by atoms with Crippen LogP contribution in [-0.4, -0.2) is 6.61 Å². The number of benzene rings is 1. The molecule has 0 aliphatic carbocycles. The summed E-state index contributed by atoms with van der Waals surface area (Å²) in [4.78, 5) is 0. The van der Waals surface area contributed by atoms with Crippen LogP contribution in [0.15, 0.2) is 18.2 Å². The Kier molecular flexibility index (Phi) is 5.89. The van der Waals surface area contributed by atoms with Crippen LogP contribution in [0.1, 0.15) is 32.6 Å². The zero-order chi connectivity index (χ0) is 11.1. The van der Waals surface area contributed by atoms with Gasteiger partial charge < -0.3 is 4.74 Å². The molecule has 0 fully saturated rings. The third kappa shape index (κ3) is 4.31. The van der Waals surface area contributed by atoms with Gasteiger partial charge in [0.05, 0.1) is 16.7 Å². The number of hydrogen-bond acceptors (Lipinski definition) is 1. The Bertz CT molecular complexity index is 279. The van der Waals surface area contributed by atoms with Gasteiger partial charge in [-0.3, -0.25) is 0 Å². The summed E-state index contributed by atoms with van der Waals surface area (Å²) in [5.41, 5.74) is 0. The molecule has 0 radical (unpaired) electrons. The molecule has 84 valence electrons. The first-order valence-electron chi connectivity index (χ1n) is 5.32. The average molecular weight is 247 g/mol. The summed E-state index contributed by atoms with van der Waals surface area (Å²) in [7, 11) is 0. The molecule has 0 unspecified atom stereocenters. The van der Waals surface area contributed by atoms with Gasteiger partial charge in [-0.25, -0.2) is 0 Å². The van der Waals surface area contributed by atoms with Crippen molar-refractivity contribution in [1.29, 1.82) is 0 Å². The molecule has 0 heterocycles. The predicted octanol–water partition coefficient (Wildman–Crippen LogP) is 4.95. The van der Waals surface area contributed by atoms with Gasteiger partial charge in [-0.05, 0) is 18.6 Å². The number of hydrogen-bond donors (Lipinski definition) is 0. The first kappa shape index (κ1) is 12.7. The third-order valence-corrected chi connectivity index (χ3v) is 2.76. The lowest BCUT2D eigenvalue weighted by molar-refractivity contribution is 0.305. The Morgan fingerprint density at radius 2 is 1.73 bits per heavy atom. The van der Waals surface area contributed by atoms with Crippen LogP contribution in [0.3, 0.4) is 0 Å². The highest BCUT2D eigenvalue weighted by Crippen LogP contribution is 2.32. The predicted molar refractivity (Wildman–Crippen MR) is 66.1 cm³/mol. The third-order valence-electron chi connectivity index (χ3n) is 2.16. The van der Waals surface area contributed by atoms with Gasteiger partial charge in [0.15, 0.2) is 5.75 Å². The first-order valence-corrected chi connectivity index (χ1v) is 6.08. The smallest absolute Gasteiger partial charge is 0.156 e. The fourth-order valence-electron chi connectivity index (χ4n) is 1.32. The Hall–Kier alpha value is -0.400. The number of rotatable bonds is 6.